The number of hydrogen-bond donors (Lipinski definition) is 1. The molecular weight excluding hydrogens is 490 g/mol. The van der Waals surface area contributed by atoms with E-state index in [2.05, 4.69) is 32.3 Å². The lowest BCUT2D eigenvalue weighted by molar-refractivity contribution is -0.117. The Morgan fingerprint density at radius 3 is 2.42 bits per heavy atom. The second kappa shape index (κ2) is 8.35. The van der Waals surface area contributed by atoms with E-state index in [1.807, 2.05) is 72.5 Å². The molecule has 1 amide bonds. The smallest absolute Gasteiger partial charge is 0.274 e. The summed E-state index contributed by atoms with van der Waals surface area (Å²) in [6.07, 6.45) is 0.620. The summed E-state index contributed by atoms with van der Waals surface area (Å²) >= 11 is 3.06. The fourth-order valence-electron chi connectivity index (χ4n) is 4.51. The van der Waals surface area contributed by atoms with Gasteiger partial charge in [0.25, 0.3) is 5.78 Å². The highest BCUT2D eigenvalue weighted by Gasteiger charge is 2.33. The topological polar surface area (TPSA) is 92.1 Å². The summed E-state index contributed by atoms with van der Waals surface area (Å²) in [6, 6.07) is 24.0. The standard InChI is InChI=1S/C26H19N7OS2/c1-2-19(24(34)32-17-11-5-7-13-20(17)35-21-14-8-6-12-18(21)32)36-26-30-29-25-28-23-22(31-33(25)26)15-9-3-4-10-16(15)27-23/h3-14,19H,2H2,1H3,(H,27,28,29)/t19-/m1/s1. The minimum atomic E-state index is -0.387. The van der Waals surface area contributed by atoms with E-state index in [0.29, 0.717) is 23.0 Å². The number of amides is 1. The summed E-state index contributed by atoms with van der Waals surface area (Å²) in [7, 11) is 0. The predicted molar refractivity (Wildman–Crippen MR) is 142 cm³/mol. The van der Waals surface area contributed by atoms with Gasteiger partial charge in [0.2, 0.25) is 11.1 Å². The zero-order valence-electron chi connectivity index (χ0n) is 19.1. The number of nitrogens with one attached hydrogen (secondary N) is 1. The van der Waals surface area contributed by atoms with Crippen LogP contribution in [-0.4, -0.2) is 40.9 Å². The molecule has 36 heavy (non-hydrogen) atoms. The molecule has 8 nitrogen and oxygen atoms in total. The van der Waals surface area contributed by atoms with Crippen molar-refractivity contribution in [2.45, 2.75) is 33.5 Å². The number of nitrogens with zero attached hydrogens (tertiary/aromatic N) is 6. The number of carbonyl (C=O) groups is 1. The molecule has 1 aliphatic rings. The fourth-order valence-corrected chi connectivity index (χ4v) is 6.50. The SMILES string of the molecule is CC[C@@H](Sc1nnc2nc3[nH]c4ccccc4c3nn12)C(=O)N1c2ccccc2Sc2ccccc21. The molecule has 3 aromatic carbocycles. The average Bonchev–Trinajstić information content (AvgIpc) is 3.48. The van der Waals surface area contributed by atoms with Crippen molar-refractivity contribution in [3.05, 3.63) is 72.8 Å². The third-order valence-corrected chi connectivity index (χ3v) is 8.63. The number of hydrogen-bond acceptors (Lipinski definition) is 7. The minimum Gasteiger partial charge on any atom is -0.338 e. The van der Waals surface area contributed by atoms with Gasteiger partial charge in [-0.25, -0.2) is 0 Å². The maximum absolute atomic E-state index is 14.1. The zero-order valence-corrected chi connectivity index (χ0v) is 20.8. The molecule has 4 heterocycles. The second-order valence-electron chi connectivity index (χ2n) is 8.40. The summed E-state index contributed by atoms with van der Waals surface area (Å²) in [5.41, 5.74) is 4.17. The maximum Gasteiger partial charge on any atom is 0.274 e. The molecule has 3 aromatic heterocycles. The van der Waals surface area contributed by atoms with Crippen LogP contribution in [0.5, 0.6) is 0 Å². The van der Waals surface area contributed by atoms with E-state index in [0.717, 1.165) is 37.6 Å². The molecule has 0 saturated carbocycles. The van der Waals surface area contributed by atoms with Crippen LogP contribution in [0.25, 0.3) is 27.8 Å². The number of rotatable bonds is 4. The fraction of sp³-hybridized carbons (Fsp3) is 0.115. The minimum absolute atomic E-state index is 0.000538. The van der Waals surface area contributed by atoms with Crippen LogP contribution in [0.1, 0.15) is 13.3 Å². The second-order valence-corrected chi connectivity index (χ2v) is 10.7. The van der Waals surface area contributed by atoms with Gasteiger partial charge >= 0.3 is 0 Å². The van der Waals surface area contributed by atoms with Crippen LogP contribution in [0.3, 0.4) is 0 Å². The van der Waals surface area contributed by atoms with E-state index >= 15 is 0 Å². The Morgan fingerprint density at radius 2 is 1.67 bits per heavy atom. The van der Waals surface area contributed by atoms with Crippen molar-refractivity contribution in [1.82, 2.24) is 29.8 Å². The molecule has 7 rings (SSSR count). The largest absolute Gasteiger partial charge is 0.338 e. The highest BCUT2D eigenvalue weighted by atomic mass is 32.2. The summed E-state index contributed by atoms with van der Waals surface area (Å²) in [5, 5.41) is 14.5. The van der Waals surface area contributed by atoms with Gasteiger partial charge in [0.1, 0.15) is 5.52 Å². The number of anilines is 2. The Kier molecular flexibility index (Phi) is 4.96. The normalized spacial score (nSPS) is 13.8. The molecule has 0 radical (unpaired) electrons. The molecule has 1 aliphatic heterocycles. The molecule has 0 bridgehead atoms. The van der Waals surface area contributed by atoms with Crippen molar-refractivity contribution in [3.63, 3.8) is 0 Å². The number of aromatic amines is 1. The summed E-state index contributed by atoms with van der Waals surface area (Å²) in [5.74, 6) is 0.393. The Bertz CT molecular complexity index is 1750. The van der Waals surface area contributed by atoms with E-state index in [-0.39, 0.29) is 11.2 Å². The lowest BCUT2D eigenvalue weighted by Crippen LogP contribution is -2.35. The van der Waals surface area contributed by atoms with Crippen molar-refractivity contribution >= 4 is 68.7 Å². The first-order valence-electron chi connectivity index (χ1n) is 11.6. The molecule has 176 valence electrons. The third kappa shape index (κ3) is 3.29. The Hall–Kier alpha value is -3.89. The predicted octanol–water partition coefficient (Wildman–Crippen LogP) is 5.85. The van der Waals surface area contributed by atoms with Gasteiger partial charge in [-0.1, -0.05) is 72.9 Å². The first kappa shape index (κ1) is 21.4. The molecule has 1 N–H and O–H groups in total. The lowest BCUT2D eigenvalue weighted by atomic mass is 10.2. The molecule has 0 unspecified atom stereocenters. The van der Waals surface area contributed by atoms with Crippen molar-refractivity contribution in [1.29, 1.82) is 0 Å². The van der Waals surface area contributed by atoms with Crippen LogP contribution in [0, 0.1) is 0 Å². The van der Waals surface area contributed by atoms with Gasteiger partial charge in [-0.2, -0.15) is 14.6 Å². The number of aromatic nitrogens is 6. The van der Waals surface area contributed by atoms with Gasteiger partial charge in [0.05, 0.1) is 16.6 Å². The number of carbonyl (C=O) groups excluding carboxylic acids is 1. The molecule has 0 fully saturated rings. The monoisotopic (exact) mass is 509 g/mol. The highest BCUT2D eigenvalue weighted by Crippen LogP contribution is 2.48. The number of para-hydroxylation sites is 3. The van der Waals surface area contributed by atoms with Crippen LogP contribution in [-0.2, 0) is 4.79 Å². The molecule has 10 heteroatoms. The van der Waals surface area contributed by atoms with Crippen molar-refractivity contribution in [3.8, 4) is 0 Å². The van der Waals surface area contributed by atoms with E-state index in [1.165, 1.54) is 11.8 Å². The Labute approximate surface area is 214 Å². The Balaban J connectivity index is 1.29. The van der Waals surface area contributed by atoms with Crippen LogP contribution in [0.2, 0.25) is 0 Å². The number of fused-ring (bicyclic) bond motifs is 6. The average molecular weight is 510 g/mol. The third-order valence-electron chi connectivity index (χ3n) is 6.21. The van der Waals surface area contributed by atoms with Gasteiger partial charge in [0, 0.05) is 20.7 Å². The summed E-state index contributed by atoms with van der Waals surface area (Å²) < 4.78 is 1.64. The van der Waals surface area contributed by atoms with Crippen molar-refractivity contribution in [2.75, 3.05) is 4.90 Å². The van der Waals surface area contributed by atoms with Crippen LogP contribution in [0.4, 0.5) is 11.4 Å². The van der Waals surface area contributed by atoms with E-state index in [1.54, 1.807) is 16.3 Å². The maximum atomic E-state index is 14.1. The van der Waals surface area contributed by atoms with E-state index in [9.17, 15) is 4.79 Å². The van der Waals surface area contributed by atoms with Crippen molar-refractivity contribution in [2.24, 2.45) is 0 Å². The van der Waals surface area contributed by atoms with Gasteiger partial charge in [-0.05, 0) is 36.8 Å². The van der Waals surface area contributed by atoms with Crippen LogP contribution in [0.15, 0.2) is 87.7 Å². The number of thioether (sulfide) groups is 1. The van der Waals surface area contributed by atoms with Gasteiger partial charge < -0.3 is 4.98 Å². The lowest BCUT2D eigenvalue weighted by Gasteiger charge is -2.33. The first-order valence-corrected chi connectivity index (χ1v) is 13.3. The van der Waals surface area contributed by atoms with Gasteiger partial charge in [-0.15, -0.1) is 10.2 Å². The van der Waals surface area contributed by atoms with E-state index < -0.39 is 0 Å². The van der Waals surface area contributed by atoms with Crippen LogP contribution >= 0.6 is 23.5 Å². The number of benzene rings is 3. The molecule has 0 saturated heterocycles. The Morgan fingerprint density at radius 1 is 0.972 bits per heavy atom. The zero-order chi connectivity index (χ0) is 24.2. The van der Waals surface area contributed by atoms with Crippen molar-refractivity contribution < 1.29 is 4.79 Å². The van der Waals surface area contributed by atoms with E-state index in [4.69, 9.17) is 5.10 Å². The molecule has 1 atom stereocenters. The molecule has 6 aromatic rings. The molecule has 0 spiro atoms. The number of H-pyrrole nitrogens is 1. The first-order chi connectivity index (χ1) is 17.7. The van der Waals surface area contributed by atoms with Gasteiger partial charge in [-0.3, -0.25) is 9.69 Å². The molecule has 0 aliphatic carbocycles. The van der Waals surface area contributed by atoms with Gasteiger partial charge in [0.15, 0.2) is 5.65 Å². The molecular formula is C26H19N7OS2. The van der Waals surface area contributed by atoms with Crippen LogP contribution < -0.4 is 4.90 Å². The summed E-state index contributed by atoms with van der Waals surface area (Å²) in [6.45, 7) is 2.01. The quantitative estimate of drug-likeness (QED) is 0.298. The summed E-state index contributed by atoms with van der Waals surface area (Å²) in [4.78, 5) is 25.9. The highest BCUT2D eigenvalue weighted by molar-refractivity contribution is 8.00.